The fourth-order valence-electron chi connectivity index (χ4n) is 4.47. The van der Waals surface area contributed by atoms with Crippen LogP contribution in [0.25, 0.3) is 22.4 Å². The van der Waals surface area contributed by atoms with E-state index in [0.717, 1.165) is 28.1 Å². The summed E-state index contributed by atoms with van der Waals surface area (Å²) in [6, 6.07) is 15.6. The number of aromatic nitrogens is 2. The van der Waals surface area contributed by atoms with Crippen LogP contribution in [0.5, 0.6) is 0 Å². The number of carboxylic acid groups (broad SMARTS) is 1. The minimum atomic E-state index is -0.858. The Labute approximate surface area is 149 Å². The van der Waals surface area contributed by atoms with Gasteiger partial charge < -0.3 is 5.11 Å². The van der Waals surface area contributed by atoms with Gasteiger partial charge in [0, 0.05) is 24.8 Å². The Balaban J connectivity index is 1.87. The van der Waals surface area contributed by atoms with Crippen molar-refractivity contribution >= 4 is 28.6 Å². The van der Waals surface area contributed by atoms with E-state index in [1.54, 1.807) is 0 Å². The number of anilines is 1. The number of hydrogen-bond acceptors (Lipinski definition) is 3. The predicted molar refractivity (Wildman–Crippen MR) is 96.7 cm³/mol. The van der Waals surface area contributed by atoms with Crippen LogP contribution in [0.1, 0.15) is 25.7 Å². The van der Waals surface area contributed by atoms with Gasteiger partial charge in [-0.1, -0.05) is 24.3 Å². The SMILES string of the molecule is O=C(O)CC[C@]12CCC(=O)N1c1ccccc1-c1nc3ccccc3n12. The Bertz CT molecular complexity index is 1070. The van der Waals surface area contributed by atoms with E-state index in [-0.39, 0.29) is 12.3 Å². The van der Waals surface area contributed by atoms with Gasteiger partial charge in [-0.25, -0.2) is 4.98 Å². The lowest BCUT2D eigenvalue weighted by molar-refractivity contribution is -0.137. The third-order valence-electron chi connectivity index (χ3n) is 5.51. The van der Waals surface area contributed by atoms with E-state index >= 15 is 0 Å². The van der Waals surface area contributed by atoms with Gasteiger partial charge in [0.15, 0.2) is 0 Å². The molecule has 1 N–H and O–H groups in total. The van der Waals surface area contributed by atoms with Crippen molar-refractivity contribution in [1.82, 2.24) is 9.55 Å². The molecule has 2 aliphatic heterocycles. The van der Waals surface area contributed by atoms with Crippen LogP contribution in [0.2, 0.25) is 0 Å². The van der Waals surface area contributed by atoms with Crippen LogP contribution in [0.3, 0.4) is 0 Å². The molecule has 0 radical (unpaired) electrons. The molecule has 5 rings (SSSR count). The number of rotatable bonds is 3. The van der Waals surface area contributed by atoms with Crippen molar-refractivity contribution in [1.29, 1.82) is 0 Å². The zero-order chi connectivity index (χ0) is 17.9. The lowest BCUT2D eigenvalue weighted by atomic mass is 9.94. The topological polar surface area (TPSA) is 75.4 Å². The summed E-state index contributed by atoms with van der Waals surface area (Å²) in [4.78, 5) is 30.8. The molecule has 0 saturated carbocycles. The van der Waals surface area contributed by atoms with Crippen molar-refractivity contribution < 1.29 is 14.7 Å². The molecule has 26 heavy (non-hydrogen) atoms. The molecule has 1 aromatic heterocycles. The molecular weight excluding hydrogens is 330 g/mol. The van der Waals surface area contributed by atoms with Crippen LogP contribution in [-0.2, 0) is 15.3 Å². The Hall–Kier alpha value is -3.15. The van der Waals surface area contributed by atoms with Crippen molar-refractivity contribution in [2.45, 2.75) is 31.3 Å². The van der Waals surface area contributed by atoms with Crippen molar-refractivity contribution in [3.8, 4) is 11.4 Å². The number of para-hydroxylation sites is 3. The minimum absolute atomic E-state index is 0.00209. The number of hydrogen-bond donors (Lipinski definition) is 1. The van der Waals surface area contributed by atoms with E-state index in [9.17, 15) is 14.7 Å². The standard InChI is InChI=1S/C20H17N3O3/c24-17-9-11-20(12-10-18(25)26)22(17)15-7-3-1-5-13(15)19-21-14-6-2-4-8-16(14)23(19)20/h1-8H,9-12H2,(H,25,26)/t20-/m1/s1. The average molecular weight is 347 g/mol. The number of carbonyl (C=O) groups excluding carboxylic acids is 1. The van der Waals surface area contributed by atoms with E-state index in [0.29, 0.717) is 19.3 Å². The van der Waals surface area contributed by atoms with E-state index in [4.69, 9.17) is 4.98 Å². The Morgan fingerprint density at radius 1 is 1.15 bits per heavy atom. The minimum Gasteiger partial charge on any atom is -0.481 e. The molecule has 130 valence electrons. The van der Waals surface area contributed by atoms with Crippen LogP contribution >= 0.6 is 0 Å². The zero-order valence-corrected chi connectivity index (χ0v) is 14.1. The molecule has 0 aliphatic carbocycles. The maximum atomic E-state index is 12.8. The van der Waals surface area contributed by atoms with Crippen LogP contribution in [-0.4, -0.2) is 26.5 Å². The monoisotopic (exact) mass is 347 g/mol. The maximum absolute atomic E-state index is 12.8. The first kappa shape index (κ1) is 15.1. The summed E-state index contributed by atoms with van der Waals surface area (Å²) in [5.41, 5.74) is 2.80. The van der Waals surface area contributed by atoms with Gasteiger partial charge in [0.05, 0.1) is 16.7 Å². The molecular formula is C20H17N3O3. The van der Waals surface area contributed by atoms with Crippen molar-refractivity contribution in [2.75, 3.05) is 4.90 Å². The first-order valence-corrected chi connectivity index (χ1v) is 8.74. The van der Waals surface area contributed by atoms with Crippen LogP contribution in [0, 0.1) is 0 Å². The molecule has 1 atom stereocenters. The van der Waals surface area contributed by atoms with Gasteiger partial charge in [-0.15, -0.1) is 0 Å². The molecule has 0 spiro atoms. The van der Waals surface area contributed by atoms with Crippen LogP contribution in [0.15, 0.2) is 48.5 Å². The third-order valence-corrected chi connectivity index (χ3v) is 5.51. The van der Waals surface area contributed by atoms with Gasteiger partial charge in [-0.3, -0.25) is 19.1 Å². The highest BCUT2D eigenvalue weighted by atomic mass is 16.4. The highest BCUT2D eigenvalue weighted by Crippen LogP contribution is 2.52. The molecule has 1 amide bonds. The molecule has 3 aromatic rings. The number of fused-ring (bicyclic) bond motifs is 8. The molecule has 6 nitrogen and oxygen atoms in total. The maximum Gasteiger partial charge on any atom is 0.303 e. The average Bonchev–Trinajstić information content (AvgIpc) is 3.20. The van der Waals surface area contributed by atoms with Gasteiger partial charge >= 0.3 is 5.97 Å². The number of benzene rings is 2. The van der Waals surface area contributed by atoms with E-state index in [1.807, 2.05) is 53.4 Å². The second-order valence-electron chi connectivity index (χ2n) is 6.88. The van der Waals surface area contributed by atoms with Crippen LogP contribution < -0.4 is 4.90 Å². The number of amides is 1. The second-order valence-corrected chi connectivity index (χ2v) is 6.88. The first-order chi connectivity index (χ1) is 12.6. The number of imidazole rings is 1. The smallest absolute Gasteiger partial charge is 0.303 e. The van der Waals surface area contributed by atoms with Gasteiger partial charge in [0.1, 0.15) is 11.5 Å². The summed E-state index contributed by atoms with van der Waals surface area (Å²) in [6.45, 7) is 0. The largest absolute Gasteiger partial charge is 0.481 e. The summed E-state index contributed by atoms with van der Waals surface area (Å²) >= 11 is 0. The molecule has 0 unspecified atom stereocenters. The van der Waals surface area contributed by atoms with E-state index in [2.05, 4.69) is 4.57 Å². The van der Waals surface area contributed by atoms with Crippen molar-refractivity contribution in [3.63, 3.8) is 0 Å². The zero-order valence-electron chi connectivity index (χ0n) is 14.1. The van der Waals surface area contributed by atoms with Gasteiger partial charge in [-0.05, 0) is 30.7 Å². The Morgan fingerprint density at radius 3 is 2.77 bits per heavy atom. The van der Waals surface area contributed by atoms with Crippen molar-refractivity contribution in [2.24, 2.45) is 0 Å². The van der Waals surface area contributed by atoms with Gasteiger partial charge in [0.25, 0.3) is 0 Å². The summed E-state index contributed by atoms with van der Waals surface area (Å²) in [7, 11) is 0. The number of carboxylic acids is 1. The molecule has 2 aromatic carbocycles. The van der Waals surface area contributed by atoms with Gasteiger partial charge in [-0.2, -0.15) is 0 Å². The highest BCUT2D eigenvalue weighted by Gasteiger charge is 2.52. The number of nitrogens with zero attached hydrogens (tertiary/aromatic N) is 3. The third kappa shape index (κ3) is 1.84. The molecule has 0 bridgehead atoms. The van der Waals surface area contributed by atoms with E-state index < -0.39 is 11.6 Å². The molecule has 6 heteroatoms. The molecule has 1 saturated heterocycles. The number of aliphatic carboxylic acids is 1. The van der Waals surface area contributed by atoms with Crippen LogP contribution in [0.4, 0.5) is 5.69 Å². The van der Waals surface area contributed by atoms with Gasteiger partial charge in [0.2, 0.25) is 5.91 Å². The predicted octanol–water partition coefficient (Wildman–Crippen LogP) is 3.36. The Morgan fingerprint density at radius 2 is 1.92 bits per heavy atom. The summed E-state index contributed by atoms with van der Waals surface area (Å²) in [5.74, 6) is -0.0205. The fourth-order valence-corrected chi connectivity index (χ4v) is 4.47. The Kier molecular flexibility index (Phi) is 3.01. The normalized spacial score (nSPS) is 20.8. The molecule has 3 heterocycles. The second kappa shape index (κ2) is 5.17. The highest BCUT2D eigenvalue weighted by molar-refractivity contribution is 6.03. The quantitative estimate of drug-likeness (QED) is 0.788. The molecule has 1 fully saturated rings. The lowest BCUT2D eigenvalue weighted by Crippen LogP contribution is -2.51. The van der Waals surface area contributed by atoms with Crippen molar-refractivity contribution in [3.05, 3.63) is 48.5 Å². The summed E-state index contributed by atoms with van der Waals surface area (Å²) in [5, 5.41) is 9.31. The summed E-state index contributed by atoms with van der Waals surface area (Å²) < 4.78 is 2.10. The summed E-state index contributed by atoms with van der Waals surface area (Å²) in [6.07, 6.45) is 1.34. The van der Waals surface area contributed by atoms with E-state index in [1.165, 1.54) is 0 Å². The number of carbonyl (C=O) groups is 2. The molecule has 2 aliphatic rings. The lowest BCUT2D eigenvalue weighted by Gasteiger charge is -2.44. The fraction of sp³-hybridized carbons (Fsp3) is 0.250. The first-order valence-electron chi connectivity index (χ1n) is 8.74.